The van der Waals surface area contributed by atoms with Gasteiger partial charge in [0.15, 0.2) is 0 Å². The number of amides is 1. The summed E-state index contributed by atoms with van der Waals surface area (Å²) in [4.78, 5) is 22.4. The predicted octanol–water partition coefficient (Wildman–Crippen LogP) is 4.72. The van der Waals surface area contributed by atoms with Crippen LogP contribution in [0.3, 0.4) is 0 Å². The highest BCUT2D eigenvalue weighted by Gasteiger charge is 2.10. The summed E-state index contributed by atoms with van der Waals surface area (Å²) in [7, 11) is 0. The summed E-state index contributed by atoms with van der Waals surface area (Å²) in [6.45, 7) is 3.91. The zero-order valence-electron chi connectivity index (χ0n) is 15.2. The molecular formula is C21H25NO4. The molecule has 0 spiro atoms. The van der Waals surface area contributed by atoms with Gasteiger partial charge in [0.25, 0.3) is 0 Å². The van der Waals surface area contributed by atoms with Crippen LogP contribution in [0, 0.1) is 6.92 Å². The van der Waals surface area contributed by atoms with Gasteiger partial charge in [-0.25, -0.2) is 0 Å². The largest absolute Gasteiger partial charge is 0.486 e. The first-order valence-electron chi connectivity index (χ1n) is 8.79. The molecule has 5 nitrogen and oxygen atoms in total. The predicted molar refractivity (Wildman–Crippen MR) is 101 cm³/mol. The molecule has 1 atom stereocenters. The lowest BCUT2D eigenvalue weighted by atomic mass is 10.1. The standard InChI is InChI=1S/C21H25NO4/c1-15-14-18(26-16(2)17-8-4-3-5-9-17)12-13-19(15)22-20(23)10-6-7-11-21(24)25/h3-5,8-9,12-14,16H,6-7,10-11H2,1-2H3,(H,22,23)(H,24,25). The Bertz CT molecular complexity index is 743. The zero-order valence-corrected chi connectivity index (χ0v) is 15.2. The molecule has 0 aliphatic carbocycles. The summed E-state index contributed by atoms with van der Waals surface area (Å²) in [6, 6.07) is 15.6. The fourth-order valence-electron chi connectivity index (χ4n) is 2.62. The molecular weight excluding hydrogens is 330 g/mol. The first kappa shape index (κ1) is 19.5. The van der Waals surface area contributed by atoms with E-state index in [2.05, 4.69) is 5.32 Å². The number of anilines is 1. The number of ether oxygens (including phenoxy) is 1. The van der Waals surface area contributed by atoms with Gasteiger partial charge in [-0.15, -0.1) is 0 Å². The molecule has 1 amide bonds. The van der Waals surface area contributed by atoms with Crippen molar-refractivity contribution in [3.8, 4) is 5.75 Å². The fraction of sp³-hybridized carbons (Fsp3) is 0.333. The van der Waals surface area contributed by atoms with Gasteiger partial charge >= 0.3 is 5.97 Å². The highest BCUT2D eigenvalue weighted by atomic mass is 16.5. The van der Waals surface area contributed by atoms with Crippen molar-refractivity contribution in [1.29, 1.82) is 0 Å². The Balaban J connectivity index is 1.88. The lowest BCUT2D eigenvalue weighted by molar-refractivity contribution is -0.137. The van der Waals surface area contributed by atoms with Gasteiger partial charge in [-0.2, -0.15) is 0 Å². The molecule has 138 valence electrons. The minimum atomic E-state index is -0.832. The molecule has 0 aliphatic heterocycles. The molecule has 1 unspecified atom stereocenters. The van der Waals surface area contributed by atoms with Gasteiger partial charge < -0.3 is 15.2 Å². The molecule has 0 aliphatic rings. The molecule has 2 aromatic carbocycles. The summed E-state index contributed by atoms with van der Waals surface area (Å²) in [6.07, 6.45) is 1.41. The van der Waals surface area contributed by atoms with E-state index < -0.39 is 5.97 Å². The van der Waals surface area contributed by atoms with Crippen LogP contribution in [-0.2, 0) is 9.59 Å². The monoisotopic (exact) mass is 355 g/mol. The number of hydrogen-bond acceptors (Lipinski definition) is 3. The number of carbonyl (C=O) groups excluding carboxylic acids is 1. The van der Waals surface area contributed by atoms with E-state index in [1.807, 2.05) is 62.4 Å². The van der Waals surface area contributed by atoms with Gasteiger partial charge in [0, 0.05) is 18.5 Å². The summed E-state index contributed by atoms with van der Waals surface area (Å²) in [5.41, 5.74) is 2.76. The van der Waals surface area contributed by atoms with Gasteiger partial charge in [-0.05, 0) is 56.0 Å². The fourth-order valence-corrected chi connectivity index (χ4v) is 2.62. The lowest BCUT2D eigenvalue weighted by Gasteiger charge is -2.16. The van der Waals surface area contributed by atoms with E-state index in [1.165, 1.54) is 0 Å². The van der Waals surface area contributed by atoms with Crippen LogP contribution in [0.25, 0.3) is 0 Å². The molecule has 2 N–H and O–H groups in total. The summed E-state index contributed by atoms with van der Waals surface area (Å²) < 4.78 is 5.97. The topological polar surface area (TPSA) is 75.6 Å². The van der Waals surface area contributed by atoms with E-state index in [9.17, 15) is 9.59 Å². The van der Waals surface area contributed by atoms with E-state index >= 15 is 0 Å². The van der Waals surface area contributed by atoms with Gasteiger partial charge in [0.05, 0.1) is 0 Å². The second-order valence-electron chi connectivity index (χ2n) is 6.30. The van der Waals surface area contributed by atoms with Crippen molar-refractivity contribution in [1.82, 2.24) is 0 Å². The van der Waals surface area contributed by atoms with E-state index in [-0.39, 0.29) is 18.4 Å². The van der Waals surface area contributed by atoms with Gasteiger partial charge in [-0.1, -0.05) is 30.3 Å². The molecule has 0 saturated carbocycles. The number of hydrogen-bond donors (Lipinski definition) is 2. The number of aryl methyl sites for hydroxylation is 1. The second-order valence-corrected chi connectivity index (χ2v) is 6.30. The molecule has 5 heteroatoms. The molecule has 0 radical (unpaired) electrons. The Morgan fingerprint density at radius 2 is 1.77 bits per heavy atom. The maximum atomic E-state index is 12.0. The molecule has 0 bridgehead atoms. The van der Waals surface area contributed by atoms with Crippen molar-refractivity contribution >= 4 is 17.6 Å². The third-order valence-corrected chi connectivity index (χ3v) is 4.10. The number of carboxylic acid groups (broad SMARTS) is 1. The quantitative estimate of drug-likeness (QED) is 0.638. The Labute approximate surface area is 154 Å². The third kappa shape index (κ3) is 6.24. The van der Waals surface area contributed by atoms with Crippen molar-refractivity contribution in [3.63, 3.8) is 0 Å². The Morgan fingerprint density at radius 1 is 1.08 bits per heavy atom. The zero-order chi connectivity index (χ0) is 18.9. The number of unbranched alkanes of at least 4 members (excludes halogenated alkanes) is 1. The van der Waals surface area contributed by atoms with Crippen LogP contribution in [-0.4, -0.2) is 17.0 Å². The Hall–Kier alpha value is -2.82. The van der Waals surface area contributed by atoms with Crippen molar-refractivity contribution in [2.75, 3.05) is 5.32 Å². The second kappa shape index (κ2) is 9.61. The Kier molecular flexibility index (Phi) is 7.21. The van der Waals surface area contributed by atoms with Crippen molar-refractivity contribution in [2.45, 2.75) is 45.6 Å². The van der Waals surface area contributed by atoms with Crippen LogP contribution in [0.5, 0.6) is 5.75 Å². The SMILES string of the molecule is Cc1cc(OC(C)c2ccccc2)ccc1NC(=O)CCCCC(=O)O. The number of aliphatic carboxylic acids is 1. The van der Waals surface area contributed by atoms with Gasteiger partial charge in [-0.3, -0.25) is 9.59 Å². The van der Waals surface area contributed by atoms with Crippen LogP contribution in [0.15, 0.2) is 48.5 Å². The number of rotatable bonds is 9. The van der Waals surface area contributed by atoms with E-state index in [1.54, 1.807) is 0 Å². The van der Waals surface area contributed by atoms with Crippen LogP contribution in [0.2, 0.25) is 0 Å². The van der Waals surface area contributed by atoms with E-state index in [0.717, 1.165) is 22.6 Å². The first-order chi connectivity index (χ1) is 12.5. The Morgan fingerprint density at radius 3 is 2.42 bits per heavy atom. The normalized spacial score (nSPS) is 11.6. The highest BCUT2D eigenvalue weighted by Crippen LogP contribution is 2.26. The average molecular weight is 355 g/mol. The van der Waals surface area contributed by atoms with Crippen molar-refractivity contribution in [3.05, 3.63) is 59.7 Å². The molecule has 26 heavy (non-hydrogen) atoms. The van der Waals surface area contributed by atoms with Crippen LogP contribution in [0.4, 0.5) is 5.69 Å². The number of nitrogens with one attached hydrogen (secondary N) is 1. The van der Waals surface area contributed by atoms with E-state index in [4.69, 9.17) is 9.84 Å². The van der Waals surface area contributed by atoms with Gasteiger partial charge in [0.1, 0.15) is 11.9 Å². The molecule has 0 aromatic heterocycles. The summed E-state index contributed by atoms with van der Waals surface area (Å²) >= 11 is 0. The van der Waals surface area contributed by atoms with Crippen molar-refractivity contribution in [2.24, 2.45) is 0 Å². The van der Waals surface area contributed by atoms with Crippen LogP contribution in [0.1, 0.15) is 49.8 Å². The van der Waals surface area contributed by atoms with E-state index in [0.29, 0.717) is 19.3 Å². The average Bonchev–Trinajstić information content (AvgIpc) is 2.61. The third-order valence-electron chi connectivity index (χ3n) is 4.10. The first-order valence-corrected chi connectivity index (χ1v) is 8.79. The maximum absolute atomic E-state index is 12.0. The summed E-state index contributed by atoms with van der Waals surface area (Å²) in [5, 5.41) is 11.5. The number of carbonyl (C=O) groups is 2. The summed E-state index contributed by atoms with van der Waals surface area (Å²) in [5.74, 6) is -0.190. The van der Waals surface area contributed by atoms with Crippen LogP contribution >= 0.6 is 0 Å². The minimum Gasteiger partial charge on any atom is -0.486 e. The number of carboxylic acids is 1. The minimum absolute atomic E-state index is 0.0646. The molecule has 0 heterocycles. The smallest absolute Gasteiger partial charge is 0.303 e. The highest BCUT2D eigenvalue weighted by molar-refractivity contribution is 5.91. The maximum Gasteiger partial charge on any atom is 0.303 e. The molecule has 0 fully saturated rings. The van der Waals surface area contributed by atoms with Crippen LogP contribution < -0.4 is 10.1 Å². The number of benzene rings is 2. The van der Waals surface area contributed by atoms with Gasteiger partial charge in [0.2, 0.25) is 5.91 Å². The molecule has 2 rings (SSSR count). The lowest BCUT2D eigenvalue weighted by Crippen LogP contribution is -2.12. The van der Waals surface area contributed by atoms with Crippen molar-refractivity contribution < 1.29 is 19.4 Å². The molecule has 2 aromatic rings. The molecule has 0 saturated heterocycles.